The highest BCUT2D eigenvalue weighted by molar-refractivity contribution is 6.32. The van der Waals surface area contributed by atoms with Crippen LogP contribution in [0.25, 0.3) is 0 Å². The van der Waals surface area contributed by atoms with E-state index in [1.807, 2.05) is 0 Å². The number of rotatable bonds is 2. The van der Waals surface area contributed by atoms with Crippen molar-refractivity contribution < 1.29 is 5.11 Å². The molecule has 0 aliphatic rings. The molecule has 1 heterocycles. The van der Waals surface area contributed by atoms with Crippen LogP contribution in [-0.2, 0) is 0 Å². The van der Waals surface area contributed by atoms with Gasteiger partial charge in [-0.1, -0.05) is 23.2 Å². The summed E-state index contributed by atoms with van der Waals surface area (Å²) < 4.78 is 0. The Morgan fingerprint density at radius 3 is 2.24 bits per heavy atom. The molecule has 5 heteroatoms. The summed E-state index contributed by atoms with van der Waals surface area (Å²) in [5, 5.41) is 9.77. The van der Waals surface area contributed by atoms with E-state index in [1.54, 1.807) is 42.6 Å². The van der Waals surface area contributed by atoms with Crippen LogP contribution < -0.4 is 0 Å². The summed E-state index contributed by atoms with van der Waals surface area (Å²) >= 11 is 11.5. The summed E-state index contributed by atoms with van der Waals surface area (Å²) in [6.07, 6.45) is 1.63. The predicted molar refractivity (Wildman–Crippen MR) is 69.6 cm³/mol. The lowest BCUT2D eigenvalue weighted by molar-refractivity contribution is 0.475. The second kappa shape index (κ2) is 5.17. The average Bonchev–Trinajstić information content (AvgIpc) is 2.27. The van der Waals surface area contributed by atoms with Gasteiger partial charge in [0.15, 0.2) is 0 Å². The Hall–Kier alpha value is -1.58. The topological polar surface area (TPSA) is 45.5 Å². The molecular formula is C12H8Cl2N2O. The Bertz CT molecular complexity index is 533. The van der Waals surface area contributed by atoms with Crippen molar-refractivity contribution in [2.24, 2.45) is 4.99 Å². The van der Waals surface area contributed by atoms with Crippen LogP contribution in [0.15, 0.2) is 41.4 Å². The molecule has 0 spiro atoms. The molecule has 0 radical (unpaired) electrons. The summed E-state index contributed by atoms with van der Waals surface area (Å²) in [4.78, 5) is 8.06. The second-order valence-corrected chi connectivity index (χ2v) is 4.10. The van der Waals surface area contributed by atoms with Crippen molar-refractivity contribution >= 4 is 35.1 Å². The zero-order valence-electron chi connectivity index (χ0n) is 8.64. The maximum atomic E-state index is 9.12. The molecule has 1 aromatic carbocycles. The molecule has 17 heavy (non-hydrogen) atoms. The summed E-state index contributed by atoms with van der Waals surface area (Å²) in [5.74, 6) is 0.207. The molecule has 1 aromatic heterocycles. The van der Waals surface area contributed by atoms with Crippen molar-refractivity contribution in [1.82, 2.24) is 4.98 Å². The molecule has 0 unspecified atom stereocenters. The lowest BCUT2D eigenvalue weighted by Crippen LogP contribution is -1.84. The van der Waals surface area contributed by atoms with E-state index in [0.717, 1.165) is 11.3 Å². The number of halogens is 2. The lowest BCUT2D eigenvalue weighted by atomic mass is 10.3. The molecule has 0 aliphatic heterocycles. The van der Waals surface area contributed by atoms with Gasteiger partial charge in [0.05, 0.1) is 5.69 Å². The van der Waals surface area contributed by atoms with Crippen LogP contribution in [0.2, 0.25) is 10.3 Å². The number of benzene rings is 1. The fourth-order valence-electron chi connectivity index (χ4n) is 1.25. The summed E-state index contributed by atoms with van der Waals surface area (Å²) in [6, 6.07) is 9.87. The highest BCUT2D eigenvalue weighted by Gasteiger charge is 1.97. The van der Waals surface area contributed by atoms with Gasteiger partial charge in [-0.25, -0.2) is 4.98 Å². The molecule has 0 amide bonds. The Balaban J connectivity index is 2.22. The molecule has 3 nitrogen and oxygen atoms in total. The zero-order chi connectivity index (χ0) is 12.3. The first kappa shape index (κ1) is 11.9. The number of aromatic nitrogens is 1. The minimum absolute atomic E-state index is 0.207. The number of hydrogen-bond acceptors (Lipinski definition) is 3. The molecule has 0 saturated carbocycles. The molecule has 0 aliphatic carbocycles. The monoisotopic (exact) mass is 266 g/mol. The number of phenols is 1. The summed E-state index contributed by atoms with van der Waals surface area (Å²) in [5.41, 5.74) is 1.50. The number of phenolic OH excluding ortho intramolecular Hbond substituents is 1. The van der Waals surface area contributed by atoms with Gasteiger partial charge in [-0.15, -0.1) is 0 Å². The molecular weight excluding hydrogens is 259 g/mol. The fraction of sp³-hybridized carbons (Fsp3) is 0. The SMILES string of the molecule is Oc1ccc(N=Cc2cc(Cl)nc(Cl)c2)cc1. The Labute approximate surface area is 108 Å². The van der Waals surface area contributed by atoms with E-state index in [-0.39, 0.29) is 5.75 Å². The minimum atomic E-state index is 0.207. The summed E-state index contributed by atoms with van der Waals surface area (Å²) in [6.45, 7) is 0. The van der Waals surface area contributed by atoms with E-state index < -0.39 is 0 Å². The van der Waals surface area contributed by atoms with Gasteiger partial charge in [0.1, 0.15) is 16.1 Å². The van der Waals surface area contributed by atoms with Crippen molar-refractivity contribution in [2.45, 2.75) is 0 Å². The lowest BCUT2D eigenvalue weighted by Gasteiger charge is -1.97. The highest BCUT2D eigenvalue weighted by atomic mass is 35.5. The van der Waals surface area contributed by atoms with Crippen LogP contribution in [0.5, 0.6) is 5.75 Å². The van der Waals surface area contributed by atoms with E-state index >= 15 is 0 Å². The molecule has 1 N–H and O–H groups in total. The number of aromatic hydroxyl groups is 1. The molecule has 86 valence electrons. The summed E-state index contributed by atoms with van der Waals surface area (Å²) in [7, 11) is 0. The maximum Gasteiger partial charge on any atom is 0.131 e. The van der Waals surface area contributed by atoms with Crippen LogP contribution in [-0.4, -0.2) is 16.3 Å². The van der Waals surface area contributed by atoms with Crippen molar-refractivity contribution in [3.05, 3.63) is 52.3 Å². The van der Waals surface area contributed by atoms with Crippen LogP contribution in [0.3, 0.4) is 0 Å². The van der Waals surface area contributed by atoms with E-state index in [9.17, 15) is 0 Å². The van der Waals surface area contributed by atoms with Gasteiger partial charge < -0.3 is 5.11 Å². The van der Waals surface area contributed by atoms with E-state index in [2.05, 4.69) is 9.98 Å². The van der Waals surface area contributed by atoms with Crippen LogP contribution in [0.1, 0.15) is 5.56 Å². The van der Waals surface area contributed by atoms with Gasteiger partial charge in [-0.3, -0.25) is 4.99 Å². The van der Waals surface area contributed by atoms with Gasteiger partial charge in [-0.05, 0) is 42.0 Å². The first-order valence-electron chi connectivity index (χ1n) is 4.80. The minimum Gasteiger partial charge on any atom is -0.508 e. The largest absolute Gasteiger partial charge is 0.508 e. The standard InChI is InChI=1S/C12H8Cl2N2O/c13-11-5-8(6-12(14)16-11)7-15-9-1-3-10(17)4-2-9/h1-7,17H. The first-order chi connectivity index (χ1) is 8.13. The molecule has 0 bridgehead atoms. The first-order valence-corrected chi connectivity index (χ1v) is 5.55. The normalized spacial score (nSPS) is 10.9. The zero-order valence-corrected chi connectivity index (χ0v) is 10.2. The van der Waals surface area contributed by atoms with Gasteiger partial charge in [0.25, 0.3) is 0 Å². The molecule has 0 fully saturated rings. The third kappa shape index (κ3) is 3.44. The van der Waals surface area contributed by atoms with Crippen molar-refractivity contribution in [3.63, 3.8) is 0 Å². The fourth-order valence-corrected chi connectivity index (χ4v) is 1.72. The Morgan fingerprint density at radius 2 is 1.65 bits per heavy atom. The van der Waals surface area contributed by atoms with Crippen molar-refractivity contribution in [1.29, 1.82) is 0 Å². The van der Waals surface area contributed by atoms with Crippen LogP contribution >= 0.6 is 23.2 Å². The van der Waals surface area contributed by atoms with Gasteiger partial charge >= 0.3 is 0 Å². The average molecular weight is 267 g/mol. The van der Waals surface area contributed by atoms with Crippen molar-refractivity contribution in [2.75, 3.05) is 0 Å². The number of aliphatic imine (C=N–C) groups is 1. The second-order valence-electron chi connectivity index (χ2n) is 3.32. The van der Waals surface area contributed by atoms with Crippen LogP contribution in [0.4, 0.5) is 5.69 Å². The molecule has 2 aromatic rings. The van der Waals surface area contributed by atoms with Gasteiger partial charge in [-0.2, -0.15) is 0 Å². The van der Waals surface area contributed by atoms with Crippen LogP contribution in [0, 0.1) is 0 Å². The number of pyridine rings is 1. The molecule has 2 rings (SSSR count). The Kier molecular flexibility index (Phi) is 3.61. The van der Waals surface area contributed by atoms with Gasteiger partial charge in [0, 0.05) is 6.21 Å². The third-order valence-corrected chi connectivity index (χ3v) is 2.38. The number of hydrogen-bond donors (Lipinski definition) is 1. The molecule has 0 atom stereocenters. The Morgan fingerprint density at radius 1 is 1.06 bits per heavy atom. The van der Waals surface area contributed by atoms with Crippen molar-refractivity contribution in [3.8, 4) is 5.75 Å². The maximum absolute atomic E-state index is 9.12. The van der Waals surface area contributed by atoms with E-state index in [1.165, 1.54) is 0 Å². The third-order valence-electron chi connectivity index (χ3n) is 2.00. The highest BCUT2D eigenvalue weighted by Crippen LogP contribution is 2.18. The van der Waals surface area contributed by atoms with E-state index in [4.69, 9.17) is 28.3 Å². The van der Waals surface area contributed by atoms with E-state index in [0.29, 0.717) is 10.3 Å². The predicted octanol–water partition coefficient (Wildman–Crippen LogP) is 3.84. The van der Waals surface area contributed by atoms with Gasteiger partial charge in [0.2, 0.25) is 0 Å². The smallest absolute Gasteiger partial charge is 0.131 e. The molecule has 0 saturated heterocycles. The number of nitrogens with zero attached hydrogens (tertiary/aromatic N) is 2. The quantitative estimate of drug-likeness (QED) is 0.663.